The maximum absolute atomic E-state index is 12.2. The third-order valence-corrected chi connectivity index (χ3v) is 3.23. The first-order valence-electron chi connectivity index (χ1n) is 7.19. The fourth-order valence-corrected chi connectivity index (χ4v) is 2.31. The minimum absolute atomic E-state index is 0.361. The number of carboxylic acid groups (broad SMARTS) is 1. The molecule has 1 heterocycles. The predicted molar refractivity (Wildman–Crippen MR) is 79.9 cm³/mol. The molecule has 2 rings (SSSR count). The first-order chi connectivity index (χ1) is 10.3. The van der Waals surface area contributed by atoms with Gasteiger partial charge in [0.05, 0.1) is 6.54 Å². The van der Waals surface area contributed by atoms with Crippen LogP contribution >= 0.6 is 0 Å². The van der Waals surface area contributed by atoms with Crippen molar-refractivity contribution in [1.82, 2.24) is 4.90 Å². The van der Waals surface area contributed by atoms with Gasteiger partial charge in [0.1, 0.15) is 11.4 Å². The number of hydrogen-bond acceptors (Lipinski definition) is 4. The topological polar surface area (TPSA) is 76.1 Å². The number of carbonyl (C=O) groups excluding carboxylic acids is 1. The second-order valence-electron chi connectivity index (χ2n) is 6.23. The number of ether oxygens (including phenoxy) is 2. The first kappa shape index (κ1) is 16.1. The molecule has 1 aliphatic heterocycles. The minimum atomic E-state index is -1.03. The summed E-state index contributed by atoms with van der Waals surface area (Å²) in [5.41, 5.74) is 1.38. The van der Waals surface area contributed by atoms with Crippen LogP contribution in [0.25, 0.3) is 0 Å². The van der Waals surface area contributed by atoms with E-state index in [1.807, 2.05) is 32.9 Å². The van der Waals surface area contributed by atoms with Crippen molar-refractivity contribution in [3.8, 4) is 5.75 Å². The van der Waals surface area contributed by atoms with E-state index in [2.05, 4.69) is 0 Å². The number of fused-ring (bicyclic) bond motifs is 1. The molecule has 120 valence electrons. The Bertz CT molecular complexity index is 576. The van der Waals surface area contributed by atoms with E-state index in [9.17, 15) is 9.59 Å². The quantitative estimate of drug-likeness (QED) is 0.928. The van der Waals surface area contributed by atoms with Crippen LogP contribution in [0.15, 0.2) is 18.2 Å². The lowest BCUT2D eigenvalue weighted by Gasteiger charge is -2.32. The maximum Gasteiger partial charge on any atom is 0.410 e. The predicted octanol–water partition coefficient (Wildman–Crippen LogP) is 2.44. The molecule has 0 saturated carbocycles. The molecule has 0 aliphatic carbocycles. The molecule has 0 aromatic heterocycles. The highest BCUT2D eigenvalue weighted by molar-refractivity contribution is 5.70. The number of hydrogen-bond donors (Lipinski definition) is 1. The summed E-state index contributed by atoms with van der Waals surface area (Å²) in [5.74, 6) is -0.523. The molecule has 22 heavy (non-hydrogen) atoms. The van der Waals surface area contributed by atoms with E-state index in [1.54, 1.807) is 11.0 Å². The van der Waals surface area contributed by atoms with Crippen molar-refractivity contribution in [2.24, 2.45) is 0 Å². The molecule has 0 unspecified atom stereocenters. The molecule has 1 aromatic carbocycles. The summed E-state index contributed by atoms with van der Waals surface area (Å²) < 4.78 is 10.7. The number of amides is 1. The van der Waals surface area contributed by atoms with Gasteiger partial charge in [-0.25, -0.2) is 9.59 Å². The molecule has 6 nitrogen and oxygen atoms in total. The second-order valence-corrected chi connectivity index (χ2v) is 6.23. The Morgan fingerprint density at radius 2 is 2.05 bits per heavy atom. The second kappa shape index (κ2) is 6.25. The number of aliphatic carboxylic acids is 1. The van der Waals surface area contributed by atoms with E-state index >= 15 is 0 Å². The Morgan fingerprint density at radius 1 is 1.32 bits per heavy atom. The molecule has 0 bridgehead atoms. The average Bonchev–Trinajstić information content (AvgIpc) is 2.42. The van der Waals surface area contributed by atoms with Gasteiger partial charge in [0, 0.05) is 12.1 Å². The van der Waals surface area contributed by atoms with Gasteiger partial charge in [-0.1, -0.05) is 12.1 Å². The lowest BCUT2D eigenvalue weighted by Crippen LogP contribution is -2.40. The number of carboxylic acids is 1. The Morgan fingerprint density at radius 3 is 2.68 bits per heavy atom. The van der Waals surface area contributed by atoms with Crippen molar-refractivity contribution < 1.29 is 24.2 Å². The Hall–Kier alpha value is -2.24. The molecule has 0 saturated heterocycles. The van der Waals surface area contributed by atoms with Crippen LogP contribution in [0.1, 0.15) is 31.9 Å². The summed E-state index contributed by atoms with van der Waals surface area (Å²) in [6.45, 7) is 6.01. The van der Waals surface area contributed by atoms with Gasteiger partial charge in [0.2, 0.25) is 0 Å². The highest BCUT2D eigenvalue weighted by Gasteiger charge is 2.27. The summed E-state index contributed by atoms with van der Waals surface area (Å²) in [4.78, 5) is 24.4. The summed E-state index contributed by atoms with van der Waals surface area (Å²) >= 11 is 0. The highest BCUT2D eigenvalue weighted by Crippen LogP contribution is 2.29. The normalized spacial score (nSPS) is 14.2. The summed E-state index contributed by atoms with van der Waals surface area (Å²) in [6, 6.07) is 5.52. The third-order valence-electron chi connectivity index (χ3n) is 3.23. The van der Waals surface area contributed by atoms with Crippen LogP contribution in [-0.2, 0) is 22.5 Å². The summed E-state index contributed by atoms with van der Waals surface area (Å²) in [6.07, 6.45) is 0.324. The third kappa shape index (κ3) is 4.13. The van der Waals surface area contributed by atoms with Gasteiger partial charge in [-0.3, -0.25) is 0 Å². The van der Waals surface area contributed by atoms with E-state index in [1.165, 1.54) is 0 Å². The minimum Gasteiger partial charge on any atom is -0.482 e. The van der Waals surface area contributed by atoms with Crippen LogP contribution in [0.2, 0.25) is 0 Å². The molecule has 1 amide bonds. The van der Waals surface area contributed by atoms with Crippen LogP contribution in [-0.4, -0.2) is 40.8 Å². The van der Waals surface area contributed by atoms with Gasteiger partial charge in [0.25, 0.3) is 0 Å². The molecule has 6 heteroatoms. The van der Waals surface area contributed by atoms with E-state index in [0.717, 1.165) is 11.1 Å². The van der Waals surface area contributed by atoms with Gasteiger partial charge >= 0.3 is 12.1 Å². The number of nitrogens with zero attached hydrogens (tertiary/aromatic N) is 1. The van der Waals surface area contributed by atoms with Crippen molar-refractivity contribution in [3.63, 3.8) is 0 Å². The number of carbonyl (C=O) groups is 2. The van der Waals surface area contributed by atoms with Crippen LogP contribution in [0.3, 0.4) is 0 Å². The van der Waals surface area contributed by atoms with Gasteiger partial charge in [-0.05, 0) is 38.8 Å². The van der Waals surface area contributed by atoms with Crippen LogP contribution < -0.4 is 4.74 Å². The zero-order valence-electron chi connectivity index (χ0n) is 13.1. The van der Waals surface area contributed by atoms with Crippen molar-refractivity contribution in [2.75, 3.05) is 13.2 Å². The largest absolute Gasteiger partial charge is 0.482 e. The Balaban J connectivity index is 2.14. The molecule has 0 spiro atoms. The van der Waals surface area contributed by atoms with Crippen LogP contribution in [0.5, 0.6) is 5.75 Å². The van der Waals surface area contributed by atoms with Gasteiger partial charge < -0.3 is 19.5 Å². The Kier molecular flexibility index (Phi) is 4.59. The van der Waals surface area contributed by atoms with Crippen molar-refractivity contribution in [3.05, 3.63) is 29.3 Å². The van der Waals surface area contributed by atoms with E-state index < -0.39 is 18.2 Å². The van der Waals surface area contributed by atoms with E-state index in [4.69, 9.17) is 14.6 Å². The highest BCUT2D eigenvalue weighted by atomic mass is 16.6. The zero-order chi connectivity index (χ0) is 16.3. The first-order valence-corrected chi connectivity index (χ1v) is 7.19. The monoisotopic (exact) mass is 307 g/mol. The molecule has 1 aliphatic rings. The molecule has 0 fully saturated rings. The fourth-order valence-electron chi connectivity index (χ4n) is 2.31. The van der Waals surface area contributed by atoms with Crippen LogP contribution in [0, 0.1) is 0 Å². The SMILES string of the molecule is CC(C)(C)OC(=O)N1CCc2cccc(OCC(=O)O)c2C1. The van der Waals surface area contributed by atoms with Crippen molar-refractivity contribution in [2.45, 2.75) is 39.3 Å². The fraction of sp³-hybridized carbons (Fsp3) is 0.500. The molecular formula is C16H21NO5. The average molecular weight is 307 g/mol. The van der Waals surface area contributed by atoms with Crippen LogP contribution in [0.4, 0.5) is 4.79 Å². The van der Waals surface area contributed by atoms with E-state index in [0.29, 0.717) is 25.3 Å². The number of rotatable bonds is 3. The lowest BCUT2D eigenvalue weighted by atomic mass is 9.99. The van der Waals surface area contributed by atoms with Crippen molar-refractivity contribution in [1.29, 1.82) is 0 Å². The molecular weight excluding hydrogens is 286 g/mol. The molecule has 0 atom stereocenters. The molecule has 0 radical (unpaired) electrons. The lowest BCUT2D eigenvalue weighted by molar-refractivity contribution is -0.139. The Labute approximate surface area is 129 Å². The summed E-state index contributed by atoms with van der Waals surface area (Å²) in [7, 11) is 0. The zero-order valence-corrected chi connectivity index (χ0v) is 13.1. The summed E-state index contributed by atoms with van der Waals surface area (Å²) in [5, 5.41) is 8.74. The van der Waals surface area contributed by atoms with Crippen molar-refractivity contribution >= 4 is 12.1 Å². The molecule has 1 aromatic rings. The van der Waals surface area contributed by atoms with Gasteiger partial charge in [-0.2, -0.15) is 0 Å². The van der Waals surface area contributed by atoms with E-state index in [-0.39, 0.29) is 6.09 Å². The molecule has 1 N–H and O–H groups in total. The standard InChI is InChI=1S/C16H21NO5/c1-16(2,3)22-15(20)17-8-7-11-5-4-6-13(12(11)9-17)21-10-14(18)19/h4-6H,7-10H2,1-3H3,(H,18,19). The maximum atomic E-state index is 12.2. The van der Waals surface area contributed by atoms with Gasteiger partial charge in [-0.15, -0.1) is 0 Å². The van der Waals surface area contributed by atoms with Gasteiger partial charge in [0.15, 0.2) is 6.61 Å². The smallest absolute Gasteiger partial charge is 0.410 e. The number of benzene rings is 1.